The third-order valence-electron chi connectivity index (χ3n) is 5.44. The molecule has 0 fully saturated rings. The van der Waals surface area contributed by atoms with Crippen LogP contribution in [-0.4, -0.2) is 6.71 Å². The van der Waals surface area contributed by atoms with Crippen molar-refractivity contribution in [3.63, 3.8) is 0 Å². The third kappa shape index (κ3) is 5.16. The van der Waals surface area contributed by atoms with Gasteiger partial charge < -0.3 is 9.15 Å². The maximum atomic E-state index is 12.5. The third-order valence-corrected chi connectivity index (χ3v) is 5.44. The zero-order valence-electron chi connectivity index (χ0n) is 16.6. The molecule has 2 heterocycles. The summed E-state index contributed by atoms with van der Waals surface area (Å²) in [4.78, 5) is 12.5. The van der Waals surface area contributed by atoms with E-state index in [-0.39, 0.29) is 17.9 Å². The molecule has 3 rings (SSSR count). The van der Waals surface area contributed by atoms with E-state index in [1.807, 2.05) is 30.3 Å². The van der Waals surface area contributed by atoms with Crippen molar-refractivity contribution in [2.45, 2.75) is 51.9 Å². The topological polar surface area (TPSA) is 63.2 Å². The van der Waals surface area contributed by atoms with Crippen LogP contribution in [0, 0.1) is 24.1 Å². The van der Waals surface area contributed by atoms with Crippen molar-refractivity contribution >= 4 is 6.71 Å². The van der Waals surface area contributed by atoms with Crippen LogP contribution in [0.15, 0.2) is 57.8 Å². The van der Waals surface area contributed by atoms with E-state index in [0.29, 0.717) is 36.3 Å². The number of allylic oxidation sites excluding steroid dienone is 2. The summed E-state index contributed by atoms with van der Waals surface area (Å²) in [6.07, 6.45) is 7.81. The Hall–Kier alpha value is -2.74. The van der Waals surface area contributed by atoms with E-state index in [9.17, 15) is 10.1 Å². The van der Waals surface area contributed by atoms with Crippen LogP contribution in [0.25, 0.3) is 0 Å². The molecule has 1 aromatic heterocycles. The molecule has 0 radical (unpaired) electrons. The number of ether oxygens (including phenoxy) is 1. The van der Waals surface area contributed by atoms with E-state index in [1.165, 1.54) is 0 Å². The van der Waals surface area contributed by atoms with Crippen molar-refractivity contribution in [1.29, 1.82) is 5.26 Å². The van der Waals surface area contributed by atoms with Gasteiger partial charge in [-0.05, 0) is 37.1 Å². The Balaban J connectivity index is 1.62. The lowest BCUT2D eigenvalue weighted by Crippen LogP contribution is -2.18. The fourth-order valence-electron chi connectivity index (χ4n) is 3.73. The van der Waals surface area contributed by atoms with Gasteiger partial charge in [0.25, 0.3) is 6.71 Å². The average Bonchev–Trinajstić information content (AvgIpc) is 2.87. The van der Waals surface area contributed by atoms with Crippen LogP contribution in [0.2, 0.25) is 12.1 Å². The molecule has 1 aliphatic rings. The zero-order chi connectivity index (χ0) is 19.9. The summed E-state index contributed by atoms with van der Waals surface area (Å²) in [5.41, 5.74) is 0.868. The van der Waals surface area contributed by atoms with Gasteiger partial charge in [0, 0.05) is 18.5 Å². The Kier molecular flexibility index (Phi) is 6.76. The van der Waals surface area contributed by atoms with Gasteiger partial charge in [-0.2, -0.15) is 0 Å². The van der Waals surface area contributed by atoms with E-state index < -0.39 is 0 Å². The molecule has 0 saturated heterocycles. The number of benzene rings is 1. The van der Waals surface area contributed by atoms with Crippen molar-refractivity contribution < 1.29 is 9.15 Å². The molecular weight excluding hydrogens is 349 g/mol. The van der Waals surface area contributed by atoms with E-state index in [1.54, 1.807) is 13.0 Å². The Bertz CT molecular complexity index is 914. The average molecular weight is 375 g/mol. The molecule has 2 atom stereocenters. The van der Waals surface area contributed by atoms with Crippen LogP contribution in [0.3, 0.4) is 0 Å². The molecule has 0 spiro atoms. The maximum absolute atomic E-state index is 12.5. The second kappa shape index (κ2) is 9.46. The first-order valence-electron chi connectivity index (χ1n) is 9.93. The van der Waals surface area contributed by atoms with Gasteiger partial charge in [0.2, 0.25) is 11.2 Å². The number of hydrogen-bond donors (Lipinski definition) is 0. The summed E-state index contributed by atoms with van der Waals surface area (Å²) >= 11 is 0. The lowest BCUT2D eigenvalue weighted by Gasteiger charge is -2.16. The van der Waals surface area contributed by atoms with Crippen LogP contribution in [0.1, 0.15) is 36.8 Å². The van der Waals surface area contributed by atoms with Crippen LogP contribution in [-0.2, 0) is 13.0 Å². The van der Waals surface area contributed by atoms with Crippen molar-refractivity contribution in [2.24, 2.45) is 5.92 Å². The van der Waals surface area contributed by atoms with Gasteiger partial charge in [-0.1, -0.05) is 55.7 Å². The Morgan fingerprint density at radius 3 is 2.82 bits per heavy atom. The molecule has 4 nitrogen and oxygen atoms in total. The van der Waals surface area contributed by atoms with Gasteiger partial charge >= 0.3 is 0 Å². The fraction of sp³-hybridized carbons (Fsp3) is 0.391. The first-order chi connectivity index (χ1) is 13.6. The smallest absolute Gasteiger partial charge is 0.274 e. The predicted molar refractivity (Wildman–Crippen MR) is 112 cm³/mol. The highest BCUT2D eigenvalue weighted by Gasteiger charge is 2.26. The quantitative estimate of drug-likeness (QED) is 0.527. The van der Waals surface area contributed by atoms with Gasteiger partial charge in [-0.15, -0.1) is 0 Å². The first-order valence-corrected chi connectivity index (χ1v) is 9.93. The predicted octanol–water partition coefficient (Wildman–Crippen LogP) is 4.98. The molecule has 0 amide bonds. The van der Waals surface area contributed by atoms with Crippen molar-refractivity contribution in [2.75, 3.05) is 0 Å². The van der Waals surface area contributed by atoms with Gasteiger partial charge in [-0.25, -0.2) is 5.26 Å². The molecule has 2 aromatic rings. The summed E-state index contributed by atoms with van der Waals surface area (Å²) < 4.78 is 11.6. The fourth-order valence-corrected chi connectivity index (χ4v) is 3.73. The SMILES string of the molecule is Cc1oc(CCC2CC=CC(C)B(C#N)C2)cc(=O)c1OCc1ccccc1. The summed E-state index contributed by atoms with van der Waals surface area (Å²) in [7, 11) is 0. The highest BCUT2D eigenvalue weighted by molar-refractivity contribution is 6.68. The Morgan fingerprint density at radius 1 is 1.32 bits per heavy atom. The summed E-state index contributed by atoms with van der Waals surface area (Å²) in [6.45, 7) is 4.27. The van der Waals surface area contributed by atoms with Crippen LogP contribution in [0.5, 0.6) is 5.75 Å². The first kappa shape index (κ1) is 20.0. The zero-order valence-corrected chi connectivity index (χ0v) is 16.6. The van der Waals surface area contributed by atoms with Crippen molar-refractivity contribution in [1.82, 2.24) is 0 Å². The number of rotatable bonds is 6. The molecule has 1 aliphatic heterocycles. The summed E-state index contributed by atoms with van der Waals surface area (Å²) in [6, 6.07) is 11.3. The molecule has 2 unspecified atom stereocenters. The minimum Gasteiger partial charge on any atom is -0.482 e. The largest absolute Gasteiger partial charge is 0.482 e. The number of nitriles is 1. The summed E-state index contributed by atoms with van der Waals surface area (Å²) in [5, 5.41) is 9.37. The van der Waals surface area contributed by atoms with Crippen molar-refractivity contribution in [3.05, 3.63) is 75.9 Å². The monoisotopic (exact) mass is 375 g/mol. The number of hydrogen-bond acceptors (Lipinski definition) is 4. The van der Waals surface area contributed by atoms with Gasteiger partial charge in [0.1, 0.15) is 18.1 Å². The van der Waals surface area contributed by atoms with E-state index >= 15 is 0 Å². The lowest BCUT2D eigenvalue weighted by molar-refractivity contribution is 0.282. The molecule has 5 heteroatoms. The van der Waals surface area contributed by atoms with Crippen LogP contribution >= 0.6 is 0 Å². The molecule has 144 valence electrons. The molecule has 0 bridgehead atoms. The van der Waals surface area contributed by atoms with Crippen LogP contribution < -0.4 is 10.2 Å². The minimum atomic E-state index is -0.140. The lowest BCUT2D eigenvalue weighted by atomic mass is 9.39. The molecule has 0 saturated carbocycles. The molecule has 0 N–H and O–H groups in total. The standard InChI is InChI=1S/C23H26BNO3/c1-17-7-6-10-19(14-24(17)16-25)11-12-21-13-22(26)23(18(2)28-21)27-15-20-8-4-3-5-9-20/h3-9,13,17,19H,10-12,14-15H2,1-2H3. The summed E-state index contributed by atoms with van der Waals surface area (Å²) in [5.74, 6) is 4.65. The Morgan fingerprint density at radius 2 is 2.11 bits per heavy atom. The molecule has 1 aromatic carbocycles. The van der Waals surface area contributed by atoms with Crippen molar-refractivity contribution in [3.8, 4) is 11.7 Å². The minimum absolute atomic E-state index is 0.0613. The second-order valence-electron chi connectivity index (χ2n) is 7.64. The molecule has 0 aliphatic carbocycles. The Labute approximate surface area is 166 Å². The van der Waals surface area contributed by atoms with Crippen LogP contribution in [0.4, 0.5) is 0 Å². The normalized spacial score (nSPS) is 19.1. The van der Waals surface area contributed by atoms with E-state index in [0.717, 1.165) is 24.7 Å². The highest BCUT2D eigenvalue weighted by Crippen LogP contribution is 2.29. The van der Waals surface area contributed by atoms with Gasteiger partial charge in [0.15, 0.2) is 0 Å². The maximum Gasteiger partial charge on any atom is 0.274 e. The number of aryl methyl sites for hydroxylation is 2. The highest BCUT2D eigenvalue weighted by atomic mass is 16.5. The van der Waals surface area contributed by atoms with Gasteiger partial charge in [0.05, 0.1) is 0 Å². The number of nitrogens with zero attached hydrogens (tertiary/aromatic N) is 1. The second-order valence-corrected chi connectivity index (χ2v) is 7.64. The molecule has 28 heavy (non-hydrogen) atoms. The van der Waals surface area contributed by atoms with E-state index in [4.69, 9.17) is 9.15 Å². The molecular formula is C23H26BNO3. The van der Waals surface area contributed by atoms with Gasteiger partial charge in [-0.3, -0.25) is 4.79 Å². The van der Waals surface area contributed by atoms with E-state index in [2.05, 4.69) is 25.0 Å².